The monoisotopic (exact) mass is 263 g/mol. The first-order valence-corrected chi connectivity index (χ1v) is 8.57. The highest BCUT2D eigenvalue weighted by Crippen LogP contribution is 2.45. The largest absolute Gasteiger partial charge is 0.291 e. The lowest BCUT2D eigenvalue weighted by Crippen LogP contribution is -2.53. The van der Waals surface area contributed by atoms with Crippen LogP contribution in [0.4, 0.5) is 0 Å². The molecule has 100 valence electrons. The van der Waals surface area contributed by atoms with Gasteiger partial charge in [0.1, 0.15) is 0 Å². The number of likely N-dealkylation sites (tertiary alicyclic amines) is 1. The van der Waals surface area contributed by atoms with Gasteiger partial charge in [0, 0.05) is 11.6 Å². The van der Waals surface area contributed by atoms with Crippen molar-refractivity contribution in [1.82, 2.24) is 4.90 Å². The summed E-state index contributed by atoms with van der Waals surface area (Å²) in [6.45, 7) is 3.76. The second-order valence-corrected chi connectivity index (χ2v) is 6.92. The van der Waals surface area contributed by atoms with Crippen LogP contribution in [0.2, 0.25) is 0 Å². The van der Waals surface area contributed by atoms with Crippen LogP contribution in [0, 0.1) is 0 Å². The van der Waals surface area contributed by atoms with E-state index in [1.54, 1.807) is 5.56 Å². The summed E-state index contributed by atoms with van der Waals surface area (Å²) in [7, 11) is 0. The van der Waals surface area contributed by atoms with Gasteiger partial charge in [0.15, 0.2) is 0 Å². The van der Waals surface area contributed by atoms with E-state index in [1.807, 2.05) is 11.3 Å². The standard InChI is InChI=1S/C16H25NS/c1-14-7-3-6-11-17(14)16(9-4-2-5-10-16)15-8-12-18-13-15/h8,12-14H,2-7,9-11H2,1H3. The predicted octanol–water partition coefficient (Wildman–Crippen LogP) is 4.78. The molecule has 1 nitrogen and oxygen atoms in total. The van der Waals surface area contributed by atoms with Crippen LogP contribution in [0.15, 0.2) is 16.8 Å². The second kappa shape index (κ2) is 5.34. The third-order valence-electron chi connectivity index (χ3n) is 5.09. The molecule has 2 fully saturated rings. The summed E-state index contributed by atoms with van der Waals surface area (Å²) in [4.78, 5) is 2.86. The molecule has 0 N–H and O–H groups in total. The molecular formula is C16H25NS. The molecule has 1 aliphatic heterocycles. The molecule has 0 radical (unpaired) electrons. The van der Waals surface area contributed by atoms with Gasteiger partial charge in [-0.1, -0.05) is 25.7 Å². The summed E-state index contributed by atoms with van der Waals surface area (Å²) in [6.07, 6.45) is 11.3. The molecule has 1 unspecified atom stereocenters. The third kappa shape index (κ3) is 2.14. The average molecular weight is 263 g/mol. The van der Waals surface area contributed by atoms with Crippen molar-refractivity contribution in [3.05, 3.63) is 22.4 Å². The first kappa shape index (κ1) is 12.7. The summed E-state index contributed by atoms with van der Waals surface area (Å²) < 4.78 is 0. The van der Waals surface area contributed by atoms with Gasteiger partial charge in [-0.15, -0.1) is 0 Å². The molecule has 2 heteroatoms. The van der Waals surface area contributed by atoms with Crippen LogP contribution in [-0.2, 0) is 5.54 Å². The van der Waals surface area contributed by atoms with Crippen LogP contribution in [-0.4, -0.2) is 17.5 Å². The average Bonchev–Trinajstić information content (AvgIpc) is 2.94. The molecule has 1 saturated carbocycles. The maximum absolute atomic E-state index is 2.86. The maximum atomic E-state index is 2.86. The Morgan fingerprint density at radius 3 is 2.67 bits per heavy atom. The first-order chi connectivity index (χ1) is 8.83. The van der Waals surface area contributed by atoms with Gasteiger partial charge in [0.25, 0.3) is 0 Å². The Morgan fingerprint density at radius 2 is 2.00 bits per heavy atom. The Kier molecular flexibility index (Phi) is 3.76. The van der Waals surface area contributed by atoms with Crippen molar-refractivity contribution in [3.8, 4) is 0 Å². The highest BCUT2D eigenvalue weighted by Gasteiger charge is 2.42. The molecule has 2 heterocycles. The normalized spacial score (nSPS) is 29.3. The lowest BCUT2D eigenvalue weighted by molar-refractivity contribution is -0.00556. The van der Waals surface area contributed by atoms with E-state index >= 15 is 0 Å². The molecule has 3 rings (SSSR count). The lowest BCUT2D eigenvalue weighted by Gasteiger charge is -2.51. The van der Waals surface area contributed by atoms with E-state index in [0.29, 0.717) is 5.54 Å². The van der Waals surface area contributed by atoms with Crippen molar-refractivity contribution in [2.75, 3.05) is 6.54 Å². The smallest absolute Gasteiger partial charge is 0.0471 e. The summed E-state index contributed by atoms with van der Waals surface area (Å²) in [5.74, 6) is 0. The Hall–Kier alpha value is -0.340. The minimum Gasteiger partial charge on any atom is -0.291 e. The fraction of sp³-hybridized carbons (Fsp3) is 0.750. The fourth-order valence-corrected chi connectivity index (χ4v) is 4.89. The van der Waals surface area contributed by atoms with Crippen molar-refractivity contribution >= 4 is 11.3 Å². The lowest BCUT2D eigenvalue weighted by atomic mass is 9.74. The molecule has 1 aliphatic carbocycles. The molecule has 0 aromatic carbocycles. The van der Waals surface area contributed by atoms with Crippen molar-refractivity contribution in [2.24, 2.45) is 0 Å². The topological polar surface area (TPSA) is 3.24 Å². The predicted molar refractivity (Wildman–Crippen MR) is 79.1 cm³/mol. The Bertz CT molecular complexity index is 364. The zero-order valence-corrected chi connectivity index (χ0v) is 12.3. The SMILES string of the molecule is CC1CCCCN1C1(c2ccsc2)CCCCC1. The van der Waals surface area contributed by atoms with E-state index in [4.69, 9.17) is 0 Å². The number of hydrogen-bond acceptors (Lipinski definition) is 2. The number of hydrogen-bond donors (Lipinski definition) is 0. The van der Waals surface area contributed by atoms with Crippen molar-refractivity contribution in [1.29, 1.82) is 0 Å². The molecule has 18 heavy (non-hydrogen) atoms. The fourth-order valence-electron chi connectivity index (χ4n) is 4.14. The highest BCUT2D eigenvalue weighted by molar-refractivity contribution is 7.08. The molecule has 1 aromatic heterocycles. The highest BCUT2D eigenvalue weighted by atomic mass is 32.1. The van der Waals surface area contributed by atoms with Crippen molar-refractivity contribution < 1.29 is 0 Å². The van der Waals surface area contributed by atoms with E-state index in [9.17, 15) is 0 Å². The Labute approximate surface area is 115 Å². The van der Waals surface area contributed by atoms with Gasteiger partial charge in [-0.2, -0.15) is 11.3 Å². The zero-order valence-electron chi connectivity index (χ0n) is 11.5. The summed E-state index contributed by atoms with van der Waals surface area (Å²) >= 11 is 1.87. The zero-order chi connectivity index (χ0) is 12.4. The Morgan fingerprint density at radius 1 is 1.17 bits per heavy atom. The van der Waals surface area contributed by atoms with Gasteiger partial charge in [0.2, 0.25) is 0 Å². The van der Waals surface area contributed by atoms with E-state index in [2.05, 4.69) is 28.7 Å². The minimum atomic E-state index is 0.387. The minimum absolute atomic E-state index is 0.387. The van der Waals surface area contributed by atoms with E-state index < -0.39 is 0 Å². The van der Waals surface area contributed by atoms with Crippen LogP contribution in [0.1, 0.15) is 63.9 Å². The third-order valence-corrected chi connectivity index (χ3v) is 5.78. The quantitative estimate of drug-likeness (QED) is 0.742. The maximum Gasteiger partial charge on any atom is 0.0471 e. The summed E-state index contributed by atoms with van der Waals surface area (Å²) in [5.41, 5.74) is 2.00. The van der Waals surface area contributed by atoms with Crippen LogP contribution in [0.5, 0.6) is 0 Å². The van der Waals surface area contributed by atoms with Crippen LogP contribution >= 0.6 is 11.3 Å². The molecule has 0 bridgehead atoms. The van der Waals surface area contributed by atoms with Crippen LogP contribution < -0.4 is 0 Å². The molecule has 1 atom stereocenters. The Balaban J connectivity index is 1.93. The van der Waals surface area contributed by atoms with E-state index in [1.165, 1.54) is 57.9 Å². The number of piperidine rings is 1. The van der Waals surface area contributed by atoms with Gasteiger partial charge in [-0.3, -0.25) is 4.90 Å². The summed E-state index contributed by atoms with van der Waals surface area (Å²) in [6, 6.07) is 3.16. The number of nitrogens with zero attached hydrogens (tertiary/aromatic N) is 1. The molecule has 1 saturated heterocycles. The van der Waals surface area contributed by atoms with Crippen LogP contribution in [0.3, 0.4) is 0 Å². The van der Waals surface area contributed by atoms with Gasteiger partial charge in [0.05, 0.1) is 0 Å². The van der Waals surface area contributed by atoms with E-state index in [0.717, 1.165) is 6.04 Å². The molecule has 0 spiro atoms. The van der Waals surface area contributed by atoms with Gasteiger partial charge in [-0.05, 0) is 61.5 Å². The van der Waals surface area contributed by atoms with Crippen molar-refractivity contribution in [2.45, 2.75) is 69.9 Å². The van der Waals surface area contributed by atoms with Gasteiger partial charge in [-0.25, -0.2) is 0 Å². The number of thiophene rings is 1. The molecule has 0 amide bonds. The van der Waals surface area contributed by atoms with Gasteiger partial charge < -0.3 is 0 Å². The number of rotatable bonds is 2. The van der Waals surface area contributed by atoms with Crippen LogP contribution in [0.25, 0.3) is 0 Å². The first-order valence-electron chi connectivity index (χ1n) is 7.62. The molecule has 1 aromatic rings. The molecular weight excluding hydrogens is 238 g/mol. The van der Waals surface area contributed by atoms with Crippen molar-refractivity contribution in [3.63, 3.8) is 0 Å². The summed E-state index contributed by atoms with van der Waals surface area (Å²) in [5, 5.41) is 4.67. The van der Waals surface area contributed by atoms with E-state index in [-0.39, 0.29) is 0 Å². The molecule has 2 aliphatic rings. The van der Waals surface area contributed by atoms with Gasteiger partial charge >= 0.3 is 0 Å². The second-order valence-electron chi connectivity index (χ2n) is 6.14.